The van der Waals surface area contributed by atoms with Gasteiger partial charge >= 0.3 is 8.56 Å². The Kier molecular flexibility index (Phi) is 9.01. The molecule has 1 fully saturated rings. The Morgan fingerprint density at radius 3 is 1.91 bits per heavy atom. The van der Waals surface area contributed by atoms with Gasteiger partial charge in [-0.05, 0) is 57.9 Å². The highest BCUT2D eigenvalue weighted by molar-refractivity contribution is 6.77. The molecule has 0 amide bonds. The maximum absolute atomic E-state index is 6.58. The second kappa shape index (κ2) is 9.71. The lowest BCUT2D eigenvalue weighted by Gasteiger charge is -2.51. The third kappa shape index (κ3) is 5.67. The molecule has 138 valence electrons. The molecule has 1 saturated carbocycles. The lowest BCUT2D eigenvalue weighted by Crippen LogP contribution is -2.62. The number of rotatable bonds is 10. The monoisotopic (exact) mass is 359 g/mol. The fourth-order valence-corrected chi connectivity index (χ4v) is 10.8. The van der Waals surface area contributed by atoms with Crippen molar-refractivity contribution in [2.75, 3.05) is 6.61 Å². The molecule has 23 heavy (non-hydrogen) atoms. The molecule has 0 saturated heterocycles. The van der Waals surface area contributed by atoms with Crippen LogP contribution in [-0.4, -0.2) is 40.2 Å². The van der Waals surface area contributed by atoms with E-state index in [-0.39, 0.29) is 6.23 Å². The third-order valence-corrected chi connectivity index (χ3v) is 13.5. The molecule has 0 spiro atoms. The summed E-state index contributed by atoms with van der Waals surface area (Å²) < 4.78 is 15.4. The Morgan fingerprint density at radius 2 is 1.48 bits per heavy atom. The van der Waals surface area contributed by atoms with Gasteiger partial charge in [-0.2, -0.15) is 0 Å². The molecule has 0 aliphatic heterocycles. The summed E-state index contributed by atoms with van der Waals surface area (Å²) in [4.78, 5) is 0. The molecule has 1 unspecified atom stereocenters. The fourth-order valence-electron chi connectivity index (χ4n) is 4.58. The first-order chi connectivity index (χ1) is 10.9. The van der Waals surface area contributed by atoms with Crippen LogP contribution in [0.3, 0.4) is 0 Å². The summed E-state index contributed by atoms with van der Waals surface area (Å²) in [6.45, 7) is 16.7. The standard InChI is InChI=1S/C18H41NO2Si2/c1-8-20-22(6,7)21-17(5)19(18-15-13-12-14-16-18)23(9-2,10-3)11-4/h17-18H,8-16H2,1-7H3. The largest absolute Gasteiger partial charge is 0.395 e. The molecule has 0 aromatic carbocycles. The summed E-state index contributed by atoms with van der Waals surface area (Å²) in [7, 11) is -3.47. The summed E-state index contributed by atoms with van der Waals surface area (Å²) in [6.07, 6.45) is 7.12. The van der Waals surface area contributed by atoms with Gasteiger partial charge in [0.2, 0.25) is 0 Å². The van der Waals surface area contributed by atoms with Crippen molar-refractivity contribution >= 4 is 16.8 Å². The Labute approximate surface area is 147 Å². The summed E-state index contributed by atoms with van der Waals surface area (Å²) >= 11 is 0. The van der Waals surface area contributed by atoms with E-state index >= 15 is 0 Å². The minimum absolute atomic E-state index is 0.206. The molecular formula is C18H41NO2Si2. The molecule has 0 aromatic heterocycles. The molecule has 1 aliphatic carbocycles. The van der Waals surface area contributed by atoms with Crippen LogP contribution in [0.25, 0.3) is 0 Å². The summed E-state index contributed by atoms with van der Waals surface area (Å²) in [6, 6.07) is 4.74. The first-order valence-corrected chi connectivity index (χ1v) is 15.3. The van der Waals surface area contributed by atoms with Gasteiger partial charge in [-0.3, -0.25) is 4.57 Å². The zero-order valence-corrected chi connectivity index (χ0v) is 18.8. The molecule has 5 heteroatoms. The van der Waals surface area contributed by atoms with E-state index in [0.717, 1.165) is 12.6 Å². The van der Waals surface area contributed by atoms with E-state index in [0.29, 0.717) is 0 Å². The van der Waals surface area contributed by atoms with Gasteiger partial charge in [-0.15, -0.1) is 0 Å². The molecule has 1 atom stereocenters. The third-order valence-electron chi connectivity index (χ3n) is 5.83. The highest BCUT2D eigenvalue weighted by Gasteiger charge is 2.43. The SMILES string of the molecule is CCO[Si](C)(C)OC(C)N(C1CCCCC1)[Si](CC)(CC)CC. The molecule has 0 N–H and O–H groups in total. The highest BCUT2D eigenvalue weighted by Crippen LogP contribution is 2.35. The fraction of sp³-hybridized carbons (Fsp3) is 1.00. The minimum Gasteiger partial charge on any atom is -0.395 e. The van der Waals surface area contributed by atoms with Crippen molar-refractivity contribution in [1.29, 1.82) is 0 Å². The second-order valence-corrected chi connectivity index (χ2v) is 15.9. The Bertz CT molecular complexity index is 321. The van der Waals surface area contributed by atoms with Gasteiger partial charge in [-0.25, -0.2) is 0 Å². The van der Waals surface area contributed by atoms with E-state index in [1.54, 1.807) is 0 Å². The topological polar surface area (TPSA) is 21.7 Å². The van der Waals surface area contributed by atoms with Gasteiger partial charge in [-0.1, -0.05) is 40.0 Å². The quantitative estimate of drug-likeness (QED) is 0.367. The van der Waals surface area contributed by atoms with E-state index in [1.165, 1.54) is 50.2 Å². The average Bonchev–Trinajstić information content (AvgIpc) is 2.52. The van der Waals surface area contributed by atoms with Crippen molar-refractivity contribution in [2.45, 2.75) is 110 Å². The number of nitrogens with zero attached hydrogens (tertiary/aromatic N) is 1. The van der Waals surface area contributed by atoms with Crippen LogP contribution in [0.5, 0.6) is 0 Å². The van der Waals surface area contributed by atoms with Crippen molar-refractivity contribution in [3.05, 3.63) is 0 Å². The highest BCUT2D eigenvalue weighted by atomic mass is 28.4. The molecule has 0 heterocycles. The molecule has 0 aromatic rings. The maximum atomic E-state index is 6.58. The predicted octanol–water partition coefficient (Wildman–Crippen LogP) is 5.73. The van der Waals surface area contributed by atoms with Crippen molar-refractivity contribution in [3.8, 4) is 0 Å². The first-order valence-electron chi connectivity index (χ1n) is 9.96. The zero-order valence-electron chi connectivity index (χ0n) is 16.8. The maximum Gasteiger partial charge on any atom is 0.332 e. The zero-order chi connectivity index (χ0) is 17.5. The van der Waals surface area contributed by atoms with Crippen LogP contribution in [0.4, 0.5) is 0 Å². The molecule has 1 rings (SSSR count). The predicted molar refractivity (Wildman–Crippen MR) is 106 cm³/mol. The van der Waals surface area contributed by atoms with E-state index in [4.69, 9.17) is 8.85 Å². The number of hydrogen-bond acceptors (Lipinski definition) is 3. The van der Waals surface area contributed by atoms with Crippen LogP contribution < -0.4 is 0 Å². The van der Waals surface area contributed by atoms with Gasteiger partial charge in [0.15, 0.2) is 0 Å². The van der Waals surface area contributed by atoms with Crippen LogP contribution in [-0.2, 0) is 8.85 Å². The van der Waals surface area contributed by atoms with Gasteiger partial charge in [0.25, 0.3) is 0 Å². The van der Waals surface area contributed by atoms with Crippen LogP contribution in [0.15, 0.2) is 0 Å². The molecule has 3 nitrogen and oxygen atoms in total. The Balaban J connectivity index is 3.02. The lowest BCUT2D eigenvalue weighted by molar-refractivity contribution is 0.0215. The van der Waals surface area contributed by atoms with Crippen molar-refractivity contribution < 1.29 is 8.85 Å². The first kappa shape index (κ1) is 21.4. The molecule has 0 bridgehead atoms. The van der Waals surface area contributed by atoms with Gasteiger partial charge < -0.3 is 8.85 Å². The van der Waals surface area contributed by atoms with E-state index in [9.17, 15) is 0 Å². The van der Waals surface area contributed by atoms with E-state index in [1.807, 2.05) is 0 Å². The van der Waals surface area contributed by atoms with E-state index in [2.05, 4.69) is 52.3 Å². The minimum atomic E-state index is -2.03. The van der Waals surface area contributed by atoms with Gasteiger partial charge in [0, 0.05) is 12.6 Å². The summed E-state index contributed by atoms with van der Waals surface area (Å²) in [5.74, 6) is 0. The van der Waals surface area contributed by atoms with Crippen molar-refractivity contribution in [2.24, 2.45) is 0 Å². The smallest absolute Gasteiger partial charge is 0.332 e. The Hall–Kier alpha value is 0.314. The summed E-state index contributed by atoms with van der Waals surface area (Å²) in [5.41, 5.74) is 0. The number of hydrogen-bond donors (Lipinski definition) is 0. The second-order valence-electron chi connectivity index (χ2n) is 7.53. The van der Waals surface area contributed by atoms with E-state index < -0.39 is 16.8 Å². The van der Waals surface area contributed by atoms with Crippen LogP contribution in [0, 0.1) is 0 Å². The van der Waals surface area contributed by atoms with Crippen LogP contribution in [0.2, 0.25) is 31.2 Å². The van der Waals surface area contributed by atoms with Crippen LogP contribution >= 0.6 is 0 Å². The normalized spacial score (nSPS) is 19.3. The van der Waals surface area contributed by atoms with Gasteiger partial charge in [0.1, 0.15) is 8.24 Å². The molecular weight excluding hydrogens is 318 g/mol. The molecule has 1 aliphatic rings. The molecule has 0 radical (unpaired) electrons. The average molecular weight is 360 g/mol. The lowest BCUT2D eigenvalue weighted by atomic mass is 9.95. The van der Waals surface area contributed by atoms with Crippen molar-refractivity contribution in [3.63, 3.8) is 0 Å². The van der Waals surface area contributed by atoms with Gasteiger partial charge in [0.05, 0.1) is 6.23 Å². The van der Waals surface area contributed by atoms with Crippen molar-refractivity contribution in [1.82, 2.24) is 4.57 Å². The summed E-state index contributed by atoms with van der Waals surface area (Å²) in [5, 5.41) is 0. The Morgan fingerprint density at radius 1 is 0.957 bits per heavy atom. The van der Waals surface area contributed by atoms with Crippen LogP contribution in [0.1, 0.15) is 66.7 Å².